The molecule has 0 saturated carbocycles. The summed E-state index contributed by atoms with van der Waals surface area (Å²) in [6, 6.07) is 5.80. The van der Waals surface area contributed by atoms with Gasteiger partial charge in [0.15, 0.2) is 0 Å². The van der Waals surface area contributed by atoms with Crippen molar-refractivity contribution in [3.05, 3.63) is 34.7 Å². The zero-order valence-corrected chi connectivity index (χ0v) is 11.0. The zero-order valence-electron chi connectivity index (χ0n) is 10.2. The van der Waals surface area contributed by atoms with E-state index in [0.29, 0.717) is 10.6 Å². The van der Waals surface area contributed by atoms with Crippen molar-refractivity contribution in [1.29, 1.82) is 0 Å². The number of carbonyl (C=O) groups is 1. The fraction of sp³-hybridized carbons (Fsp3) is 0.214. The van der Waals surface area contributed by atoms with Crippen molar-refractivity contribution in [2.45, 2.75) is 12.8 Å². The number of thiophene rings is 1. The van der Waals surface area contributed by atoms with Gasteiger partial charge in [0.05, 0.1) is 6.61 Å². The second kappa shape index (κ2) is 4.59. The van der Waals surface area contributed by atoms with Crippen LogP contribution in [-0.4, -0.2) is 17.7 Å². The Balaban J connectivity index is 2.10. The Morgan fingerprint density at radius 1 is 1.42 bits per heavy atom. The minimum absolute atomic E-state index is 0.196. The SMILES string of the molecule is Nc1scc(-c2ccc3c(c2)CCCO3)c1C(=O)O. The van der Waals surface area contributed by atoms with Gasteiger partial charge in [-0.2, -0.15) is 0 Å². The Labute approximate surface area is 114 Å². The van der Waals surface area contributed by atoms with Crippen LogP contribution in [0, 0.1) is 0 Å². The van der Waals surface area contributed by atoms with Crippen LogP contribution < -0.4 is 10.5 Å². The van der Waals surface area contributed by atoms with Crippen LogP contribution in [0.3, 0.4) is 0 Å². The van der Waals surface area contributed by atoms with E-state index in [4.69, 9.17) is 10.5 Å². The molecule has 1 aromatic carbocycles. The molecule has 19 heavy (non-hydrogen) atoms. The fourth-order valence-corrected chi connectivity index (χ4v) is 3.15. The lowest BCUT2D eigenvalue weighted by Crippen LogP contribution is -2.08. The summed E-state index contributed by atoms with van der Waals surface area (Å²) >= 11 is 1.26. The van der Waals surface area contributed by atoms with Crippen LogP contribution in [0.1, 0.15) is 22.3 Å². The largest absolute Gasteiger partial charge is 0.493 e. The third-order valence-electron chi connectivity index (χ3n) is 3.25. The van der Waals surface area contributed by atoms with Gasteiger partial charge in [-0.15, -0.1) is 11.3 Å². The topological polar surface area (TPSA) is 72.5 Å². The number of carboxylic acid groups (broad SMARTS) is 1. The van der Waals surface area contributed by atoms with Crippen LogP contribution >= 0.6 is 11.3 Å². The van der Waals surface area contributed by atoms with Crippen LogP contribution in [0.5, 0.6) is 5.75 Å². The molecular weight excluding hydrogens is 262 g/mol. The maximum atomic E-state index is 11.3. The number of ether oxygens (including phenoxy) is 1. The Bertz CT molecular complexity index is 648. The first-order valence-corrected chi connectivity index (χ1v) is 6.91. The summed E-state index contributed by atoms with van der Waals surface area (Å²) in [4.78, 5) is 11.3. The molecule has 0 unspecified atom stereocenters. The van der Waals surface area contributed by atoms with Gasteiger partial charge in [0.25, 0.3) is 0 Å². The molecule has 0 radical (unpaired) electrons. The molecule has 0 spiro atoms. The van der Waals surface area contributed by atoms with Gasteiger partial charge in [-0.1, -0.05) is 6.07 Å². The standard InChI is InChI=1S/C14H13NO3S/c15-13-12(14(16)17)10(7-19-13)8-3-4-11-9(6-8)2-1-5-18-11/h3-4,6-7H,1-2,5,15H2,(H,16,17). The number of nitrogens with two attached hydrogens (primary N) is 1. The molecule has 1 aliphatic heterocycles. The highest BCUT2D eigenvalue weighted by molar-refractivity contribution is 7.14. The van der Waals surface area contributed by atoms with E-state index in [-0.39, 0.29) is 5.56 Å². The smallest absolute Gasteiger partial charge is 0.339 e. The summed E-state index contributed by atoms with van der Waals surface area (Å²) < 4.78 is 5.56. The van der Waals surface area contributed by atoms with Crippen molar-refractivity contribution < 1.29 is 14.6 Å². The van der Waals surface area contributed by atoms with Gasteiger partial charge in [-0.3, -0.25) is 0 Å². The summed E-state index contributed by atoms with van der Waals surface area (Å²) in [6.07, 6.45) is 1.96. The summed E-state index contributed by atoms with van der Waals surface area (Å²) in [5.41, 5.74) is 8.62. The normalized spacial score (nSPS) is 13.7. The number of aryl methyl sites for hydroxylation is 1. The van der Waals surface area contributed by atoms with Crippen LogP contribution in [0.2, 0.25) is 0 Å². The van der Waals surface area contributed by atoms with Crippen molar-refractivity contribution in [1.82, 2.24) is 0 Å². The molecule has 5 heteroatoms. The second-order valence-electron chi connectivity index (χ2n) is 4.47. The van der Waals surface area contributed by atoms with Crippen molar-refractivity contribution >= 4 is 22.3 Å². The van der Waals surface area contributed by atoms with Gasteiger partial charge in [0.2, 0.25) is 0 Å². The highest BCUT2D eigenvalue weighted by atomic mass is 32.1. The van der Waals surface area contributed by atoms with Gasteiger partial charge in [0.1, 0.15) is 16.3 Å². The number of nitrogen functional groups attached to an aromatic ring is 1. The molecule has 1 aliphatic rings. The maximum Gasteiger partial charge on any atom is 0.339 e. The summed E-state index contributed by atoms with van der Waals surface area (Å²) in [5.74, 6) is -0.0854. The summed E-state index contributed by atoms with van der Waals surface area (Å²) in [6.45, 7) is 0.748. The lowest BCUT2D eigenvalue weighted by atomic mass is 9.98. The third kappa shape index (κ3) is 2.06. The van der Waals surface area contributed by atoms with Gasteiger partial charge in [0, 0.05) is 10.9 Å². The Hall–Kier alpha value is -2.01. The molecule has 2 heterocycles. The Kier molecular flexibility index (Phi) is 2.91. The number of anilines is 1. The first kappa shape index (κ1) is 12.0. The molecule has 1 aromatic heterocycles. The van der Waals surface area contributed by atoms with Crippen LogP contribution in [0.15, 0.2) is 23.6 Å². The van der Waals surface area contributed by atoms with E-state index in [2.05, 4.69) is 0 Å². The molecule has 0 aliphatic carbocycles. The van der Waals surface area contributed by atoms with Gasteiger partial charge >= 0.3 is 5.97 Å². The monoisotopic (exact) mass is 275 g/mol. The second-order valence-corrected chi connectivity index (χ2v) is 5.38. The summed E-state index contributed by atoms with van der Waals surface area (Å²) in [5, 5.41) is 11.4. The molecular formula is C14H13NO3S. The van der Waals surface area contributed by atoms with E-state index in [1.165, 1.54) is 11.3 Å². The highest BCUT2D eigenvalue weighted by Gasteiger charge is 2.19. The highest BCUT2D eigenvalue weighted by Crippen LogP contribution is 2.36. The minimum Gasteiger partial charge on any atom is -0.493 e. The average Bonchev–Trinajstić information content (AvgIpc) is 2.80. The van der Waals surface area contributed by atoms with E-state index in [1.54, 1.807) is 5.38 Å². The van der Waals surface area contributed by atoms with Gasteiger partial charge in [-0.25, -0.2) is 4.79 Å². The Morgan fingerprint density at radius 3 is 3.05 bits per heavy atom. The molecule has 98 valence electrons. The average molecular weight is 275 g/mol. The van der Waals surface area contributed by atoms with Crippen LogP contribution in [-0.2, 0) is 6.42 Å². The molecule has 3 rings (SSSR count). The van der Waals surface area contributed by atoms with Crippen molar-refractivity contribution in [3.63, 3.8) is 0 Å². The van der Waals surface area contributed by atoms with Crippen molar-refractivity contribution in [2.24, 2.45) is 0 Å². The number of hydrogen-bond acceptors (Lipinski definition) is 4. The number of rotatable bonds is 2. The summed E-state index contributed by atoms with van der Waals surface area (Å²) in [7, 11) is 0. The Morgan fingerprint density at radius 2 is 2.26 bits per heavy atom. The molecule has 0 amide bonds. The van der Waals surface area contributed by atoms with Gasteiger partial charge < -0.3 is 15.6 Å². The zero-order chi connectivity index (χ0) is 13.4. The fourth-order valence-electron chi connectivity index (χ4n) is 2.33. The van der Waals surface area contributed by atoms with E-state index in [9.17, 15) is 9.90 Å². The lowest BCUT2D eigenvalue weighted by molar-refractivity contribution is 0.0699. The minimum atomic E-state index is -0.984. The molecule has 4 nitrogen and oxygen atoms in total. The van der Waals surface area contributed by atoms with Crippen molar-refractivity contribution in [3.8, 4) is 16.9 Å². The number of carboxylic acids is 1. The van der Waals surface area contributed by atoms with E-state index in [1.807, 2.05) is 18.2 Å². The maximum absolute atomic E-state index is 11.3. The lowest BCUT2D eigenvalue weighted by Gasteiger charge is -2.17. The molecule has 3 N–H and O–H groups in total. The van der Waals surface area contributed by atoms with E-state index in [0.717, 1.165) is 36.3 Å². The quantitative estimate of drug-likeness (QED) is 0.883. The molecule has 0 bridgehead atoms. The third-order valence-corrected chi connectivity index (χ3v) is 4.06. The van der Waals surface area contributed by atoms with Crippen LogP contribution in [0.25, 0.3) is 11.1 Å². The number of fused-ring (bicyclic) bond motifs is 1. The van der Waals surface area contributed by atoms with E-state index < -0.39 is 5.97 Å². The predicted molar refractivity (Wildman–Crippen MR) is 74.9 cm³/mol. The molecule has 2 aromatic rings. The predicted octanol–water partition coefficient (Wildman–Crippen LogP) is 3.02. The van der Waals surface area contributed by atoms with Crippen LogP contribution in [0.4, 0.5) is 5.00 Å². The first-order chi connectivity index (χ1) is 9.16. The number of hydrogen-bond donors (Lipinski definition) is 2. The number of aromatic carboxylic acids is 1. The van der Waals surface area contributed by atoms with E-state index >= 15 is 0 Å². The van der Waals surface area contributed by atoms with Crippen molar-refractivity contribution in [2.75, 3.05) is 12.3 Å². The molecule has 0 fully saturated rings. The molecule has 0 atom stereocenters. The number of benzene rings is 1. The first-order valence-electron chi connectivity index (χ1n) is 6.03. The molecule has 0 saturated heterocycles. The van der Waals surface area contributed by atoms with Gasteiger partial charge in [-0.05, 0) is 36.1 Å².